The second-order valence-corrected chi connectivity index (χ2v) is 5.91. The molecule has 0 spiro atoms. The SMILES string of the molecule is C[C@H](NC(=O)C1(C)COC1)c1ccc(-n2cccn2)c(F)c1. The van der Waals surface area contributed by atoms with Gasteiger partial charge in [0.25, 0.3) is 0 Å². The van der Waals surface area contributed by atoms with E-state index in [1.54, 1.807) is 30.6 Å². The molecule has 3 rings (SSSR count). The van der Waals surface area contributed by atoms with Gasteiger partial charge in [0.1, 0.15) is 11.5 Å². The highest BCUT2D eigenvalue weighted by Gasteiger charge is 2.41. The van der Waals surface area contributed by atoms with E-state index in [-0.39, 0.29) is 17.8 Å². The number of nitrogens with one attached hydrogen (secondary N) is 1. The molecule has 5 nitrogen and oxygen atoms in total. The molecule has 1 N–H and O–H groups in total. The van der Waals surface area contributed by atoms with Gasteiger partial charge in [-0.2, -0.15) is 5.10 Å². The van der Waals surface area contributed by atoms with E-state index in [1.807, 2.05) is 13.8 Å². The molecule has 1 saturated heterocycles. The standard InChI is InChI=1S/C16H18FN3O2/c1-11(19-15(21)16(2)9-22-10-16)12-4-5-14(13(17)8-12)20-7-3-6-18-20/h3-8,11H,9-10H2,1-2H3,(H,19,21)/t11-/m0/s1. The second kappa shape index (κ2) is 5.53. The number of benzene rings is 1. The summed E-state index contributed by atoms with van der Waals surface area (Å²) in [6.07, 6.45) is 3.28. The summed E-state index contributed by atoms with van der Waals surface area (Å²) in [7, 11) is 0. The summed E-state index contributed by atoms with van der Waals surface area (Å²) in [4.78, 5) is 12.2. The number of rotatable bonds is 4. The van der Waals surface area contributed by atoms with E-state index in [2.05, 4.69) is 10.4 Å². The number of amides is 1. The molecule has 2 aromatic rings. The summed E-state index contributed by atoms with van der Waals surface area (Å²) in [6.45, 7) is 4.55. The van der Waals surface area contributed by atoms with Crippen LogP contribution in [0.25, 0.3) is 5.69 Å². The fraction of sp³-hybridized carbons (Fsp3) is 0.375. The third-order valence-corrected chi connectivity index (χ3v) is 3.96. The Bertz CT molecular complexity index is 681. The topological polar surface area (TPSA) is 56.1 Å². The molecule has 6 heteroatoms. The van der Waals surface area contributed by atoms with Crippen LogP contribution in [0.5, 0.6) is 0 Å². The first-order valence-corrected chi connectivity index (χ1v) is 7.18. The average molecular weight is 303 g/mol. The van der Waals surface area contributed by atoms with Crippen LogP contribution >= 0.6 is 0 Å². The molecule has 116 valence electrons. The largest absolute Gasteiger partial charge is 0.379 e. The number of hydrogen-bond donors (Lipinski definition) is 1. The van der Waals surface area contributed by atoms with E-state index < -0.39 is 5.41 Å². The Morgan fingerprint density at radius 1 is 1.50 bits per heavy atom. The van der Waals surface area contributed by atoms with Gasteiger partial charge in [-0.15, -0.1) is 0 Å². The Hall–Kier alpha value is -2.21. The maximum atomic E-state index is 14.2. The summed E-state index contributed by atoms with van der Waals surface area (Å²) in [5.74, 6) is -0.441. The summed E-state index contributed by atoms with van der Waals surface area (Å²) in [5.41, 5.74) is 0.624. The van der Waals surface area contributed by atoms with Crippen molar-refractivity contribution in [2.24, 2.45) is 5.41 Å². The summed E-state index contributed by atoms with van der Waals surface area (Å²) >= 11 is 0. The van der Waals surface area contributed by atoms with Crippen molar-refractivity contribution in [1.29, 1.82) is 0 Å². The molecule has 1 aliphatic heterocycles. The van der Waals surface area contributed by atoms with Gasteiger partial charge in [-0.1, -0.05) is 6.07 Å². The van der Waals surface area contributed by atoms with Gasteiger partial charge in [0.2, 0.25) is 5.91 Å². The van der Waals surface area contributed by atoms with Gasteiger partial charge in [0.05, 0.1) is 24.7 Å². The number of aromatic nitrogens is 2. The van der Waals surface area contributed by atoms with Crippen LogP contribution in [0.15, 0.2) is 36.7 Å². The molecule has 1 aromatic carbocycles. The Morgan fingerprint density at radius 2 is 2.27 bits per heavy atom. The summed E-state index contributed by atoms with van der Waals surface area (Å²) < 4.78 is 20.8. The molecule has 1 aliphatic rings. The van der Waals surface area contributed by atoms with Crippen molar-refractivity contribution in [2.75, 3.05) is 13.2 Å². The van der Waals surface area contributed by atoms with Crippen LogP contribution in [-0.2, 0) is 9.53 Å². The molecular weight excluding hydrogens is 285 g/mol. The third-order valence-electron chi connectivity index (χ3n) is 3.96. The molecule has 0 aliphatic carbocycles. The van der Waals surface area contributed by atoms with Crippen molar-refractivity contribution in [3.8, 4) is 5.69 Å². The number of carbonyl (C=O) groups excluding carboxylic acids is 1. The molecule has 22 heavy (non-hydrogen) atoms. The highest BCUT2D eigenvalue weighted by molar-refractivity contribution is 5.83. The minimum absolute atomic E-state index is 0.0668. The maximum Gasteiger partial charge on any atom is 0.231 e. The van der Waals surface area contributed by atoms with Crippen LogP contribution in [0.2, 0.25) is 0 Å². The Balaban J connectivity index is 1.74. The van der Waals surface area contributed by atoms with Crippen LogP contribution in [0, 0.1) is 11.2 Å². The quantitative estimate of drug-likeness (QED) is 0.942. The number of hydrogen-bond acceptors (Lipinski definition) is 3. The van der Waals surface area contributed by atoms with Gasteiger partial charge in [-0.3, -0.25) is 4.79 Å². The number of nitrogens with zero attached hydrogens (tertiary/aromatic N) is 2. The summed E-state index contributed by atoms with van der Waals surface area (Å²) in [6, 6.07) is 6.35. The molecule has 1 aromatic heterocycles. The second-order valence-electron chi connectivity index (χ2n) is 5.91. The molecule has 0 unspecified atom stereocenters. The highest BCUT2D eigenvalue weighted by Crippen LogP contribution is 2.28. The van der Waals surface area contributed by atoms with Gasteiger partial charge in [0, 0.05) is 12.4 Å². The fourth-order valence-corrected chi connectivity index (χ4v) is 2.38. The van der Waals surface area contributed by atoms with Gasteiger partial charge in [0.15, 0.2) is 0 Å². The van der Waals surface area contributed by atoms with Crippen molar-refractivity contribution in [2.45, 2.75) is 19.9 Å². The highest BCUT2D eigenvalue weighted by atomic mass is 19.1. The zero-order valence-electron chi connectivity index (χ0n) is 12.5. The number of ether oxygens (including phenoxy) is 1. The smallest absolute Gasteiger partial charge is 0.231 e. The molecule has 1 amide bonds. The summed E-state index contributed by atoms with van der Waals surface area (Å²) in [5, 5.41) is 6.93. The van der Waals surface area contributed by atoms with Crippen molar-refractivity contribution in [3.05, 3.63) is 48.0 Å². The lowest BCUT2D eigenvalue weighted by Gasteiger charge is -2.37. The molecular formula is C16H18FN3O2. The van der Waals surface area contributed by atoms with Gasteiger partial charge >= 0.3 is 0 Å². The minimum atomic E-state index is -0.470. The van der Waals surface area contributed by atoms with Crippen LogP contribution < -0.4 is 5.32 Å². The Kier molecular flexibility index (Phi) is 3.70. The van der Waals surface area contributed by atoms with Crippen LogP contribution in [-0.4, -0.2) is 28.9 Å². The zero-order valence-corrected chi connectivity index (χ0v) is 12.5. The maximum absolute atomic E-state index is 14.2. The first-order valence-electron chi connectivity index (χ1n) is 7.18. The van der Waals surface area contributed by atoms with E-state index in [0.717, 1.165) is 0 Å². The monoisotopic (exact) mass is 303 g/mol. The van der Waals surface area contributed by atoms with E-state index in [4.69, 9.17) is 4.74 Å². The van der Waals surface area contributed by atoms with Crippen LogP contribution in [0.4, 0.5) is 4.39 Å². The van der Waals surface area contributed by atoms with Crippen molar-refractivity contribution >= 4 is 5.91 Å². The van der Waals surface area contributed by atoms with Gasteiger partial charge in [-0.25, -0.2) is 9.07 Å². The first kappa shape index (κ1) is 14.7. The van der Waals surface area contributed by atoms with Crippen molar-refractivity contribution in [1.82, 2.24) is 15.1 Å². The Labute approximate surface area is 128 Å². The molecule has 2 heterocycles. The predicted octanol–water partition coefficient (Wildman–Crippen LogP) is 2.23. The van der Waals surface area contributed by atoms with E-state index >= 15 is 0 Å². The van der Waals surface area contributed by atoms with Gasteiger partial charge < -0.3 is 10.1 Å². The normalized spacial score (nSPS) is 17.6. The molecule has 0 bridgehead atoms. The minimum Gasteiger partial charge on any atom is -0.379 e. The van der Waals surface area contributed by atoms with E-state index in [0.29, 0.717) is 24.5 Å². The van der Waals surface area contributed by atoms with Crippen molar-refractivity contribution in [3.63, 3.8) is 0 Å². The average Bonchev–Trinajstić information content (AvgIpc) is 2.98. The predicted molar refractivity (Wildman–Crippen MR) is 79.0 cm³/mol. The molecule has 1 fully saturated rings. The molecule has 0 radical (unpaired) electrons. The number of carbonyl (C=O) groups is 1. The lowest BCUT2D eigenvalue weighted by Crippen LogP contribution is -2.52. The molecule has 1 atom stereocenters. The van der Waals surface area contributed by atoms with Gasteiger partial charge in [-0.05, 0) is 37.6 Å². The van der Waals surface area contributed by atoms with E-state index in [1.165, 1.54) is 10.7 Å². The van der Waals surface area contributed by atoms with Crippen LogP contribution in [0.1, 0.15) is 25.5 Å². The van der Waals surface area contributed by atoms with E-state index in [9.17, 15) is 9.18 Å². The third kappa shape index (κ3) is 2.62. The lowest BCUT2D eigenvalue weighted by atomic mass is 9.87. The fourth-order valence-electron chi connectivity index (χ4n) is 2.38. The van der Waals surface area contributed by atoms with Crippen LogP contribution in [0.3, 0.4) is 0 Å². The lowest BCUT2D eigenvalue weighted by molar-refractivity contribution is -0.158. The molecule has 0 saturated carbocycles. The zero-order chi connectivity index (χ0) is 15.7. The first-order chi connectivity index (χ1) is 10.5. The number of halogens is 1. The Morgan fingerprint density at radius 3 is 2.82 bits per heavy atom. The van der Waals surface area contributed by atoms with Crippen molar-refractivity contribution < 1.29 is 13.9 Å².